The summed E-state index contributed by atoms with van der Waals surface area (Å²) in [6.07, 6.45) is 7.76. The fraction of sp³-hybridized carbons (Fsp3) is 0.250. The number of anilines is 1. The summed E-state index contributed by atoms with van der Waals surface area (Å²) >= 11 is 1.18. The van der Waals surface area contributed by atoms with Gasteiger partial charge in [0.25, 0.3) is 5.91 Å². The lowest BCUT2D eigenvalue weighted by atomic mass is 10.1. The second kappa shape index (κ2) is 10.9. The van der Waals surface area contributed by atoms with Gasteiger partial charge in [0.05, 0.1) is 17.0 Å². The molecule has 170 valence electrons. The number of hydrogen-bond donors (Lipinski definition) is 3. The van der Waals surface area contributed by atoms with Crippen LogP contribution >= 0.6 is 11.8 Å². The zero-order valence-electron chi connectivity index (χ0n) is 17.9. The van der Waals surface area contributed by atoms with E-state index < -0.39 is 0 Å². The van der Waals surface area contributed by atoms with E-state index in [9.17, 15) is 14.0 Å². The largest absolute Gasteiger partial charge is 0.349 e. The van der Waals surface area contributed by atoms with Gasteiger partial charge in [0.1, 0.15) is 11.6 Å². The molecule has 33 heavy (non-hydrogen) atoms. The second-order valence-corrected chi connectivity index (χ2v) is 8.67. The first-order valence-corrected chi connectivity index (χ1v) is 11.7. The highest BCUT2D eigenvalue weighted by Crippen LogP contribution is 2.21. The Morgan fingerprint density at radius 3 is 2.64 bits per heavy atom. The van der Waals surface area contributed by atoms with Gasteiger partial charge in [0.2, 0.25) is 11.1 Å². The van der Waals surface area contributed by atoms with Crippen LogP contribution in [0.5, 0.6) is 0 Å². The van der Waals surface area contributed by atoms with Crippen LogP contribution < -0.4 is 10.6 Å². The third-order valence-electron chi connectivity index (χ3n) is 5.25. The summed E-state index contributed by atoms with van der Waals surface area (Å²) in [5, 5.41) is 13.2. The third-order valence-corrected chi connectivity index (χ3v) is 6.10. The highest BCUT2D eigenvalue weighted by atomic mass is 32.2. The standard InChI is InChI=1S/C24H24FN5O2S/c25-17-12-9-16(10-13-17)11-14-21-28-24(30-29-21)33-15-22(31)27-20-8-4-3-7-19(20)23(32)26-18-5-1-2-6-18/h3-4,7-14,18H,1-2,5-6,15H2,(H,26,32)(H,27,31)(H,28,29,30)/b14-11+. The molecule has 1 aromatic heterocycles. The van der Waals surface area contributed by atoms with Crippen LogP contribution in [-0.2, 0) is 4.79 Å². The van der Waals surface area contributed by atoms with Crippen molar-refractivity contribution in [2.24, 2.45) is 0 Å². The number of halogens is 1. The fourth-order valence-corrected chi connectivity index (χ4v) is 4.19. The molecule has 0 spiro atoms. The number of aromatic amines is 1. The van der Waals surface area contributed by atoms with E-state index in [1.807, 2.05) is 0 Å². The molecule has 7 nitrogen and oxygen atoms in total. The van der Waals surface area contributed by atoms with Crippen molar-refractivity contribution in [1.29, 1.82) is 0 Å². The Bertz CT molecular complexity index is 1140. The number of nitrogens with one attached hydrogen (secondary N) is 3. The molecule has 3 N–H and O–H groups in total. The van der Waals surface area contributed by atoms with Crippen LogP contribution in [0.1, 0.15) is 47.4 Å². The summed E-state index contributed by atoms with van der Waals surface area (Å²) < 4.78 is 13.0. The minimum Gasteiger partial charge on any atom is -0.349 e. The molecule has 9 heteroatoms. The van der Waals surface area contributed by atoms with Crippen molar-refractivity contribution in [2.75, 3.05) is 11.1 Å². The number of H-pyrrole nitrogens is 1. The number of carbonyl (C=O) groups excluding carboxylic acids is 2. The maximum atomic E-state index is 13.0. The first kappa shape index (κ1) is 22.7. The van der Waals surface area contributed by atoms with Crippen LogP contribution in [0.15, 0.2) is 53.7 Å². The van der Waals surface area contributed by atoms with Crippen LogP contribution in [0.3, 0.4) is 0 Å². The number of aromatic nitrogens is 3. The van der Waals surface area contributed by atoms with E-state index >= 15 is 0 Å². The number of carbonyl (C=O) groups is 2. The minimum atomic E-state index is -0.291. The van der Waals surface area contributed by atoms with E-state index in [0.717, 1.165) is 31.2 Å². The number of amides is 2. The second-order valence-electron chi connectivity index (χ2n) is 7.73. The van der Waals surface area contributed by atoms with Gasteiger partial charge in [-0.05, 0) is 48.7 Å². The molecule has 1 fully saturated rings. The van der Waals surface area contributed by atoms with Crippen molar-refractivity contribution < 1.29 is 14.0 Å². The molecule has 2 amide bonds. The van der Waals surface area contributed by atoms with Gasteiger partial charge in [-0.1, -0.05) is 54.9 Å². The van der Waals surface area contributed by atoms with E-state index in [2.05, 4.69) is 25.8 Å². The Morgan fingerprint density at radius 1 is 1.09 bits per heavy atom. The van der Waals surface area contributed by atoms with E-state index in [1.165, 1.54) is 23.9 Å². The van der Waals surface area contributed by atoms with Gasteiger partial charge < -0.3 is 10.6 Å². The summed E-state index contributed by atoms with van der Waals surface area (Å²) in [7, 11) is 0. The van der Waals surface area contributed by atoms with Crippen LogP contribution in [-0.4, -0.2) is 38.8 Å². The Labute approximate surface area is 195 Å². The Kier molecular flexibility index (Phi) is 7.51. The number of benzene rings is 2. The molecule has 0 saturated heterocycles. The van der Waals surface area contributed by atoms with Crippen molar-refractivity contribution >= 4 is 41.4 Å². The summed E-state index contributed by atoms with van der Waals surface area (Å²) in [6.45, 7) is 0. The van der Waals surface area contributed by atoms with Gasteiger partial charge in [0, 0.05) is 6.04 Å². The van der Waals surface area contributed by atoms with E-state index in [0.29, 0.717) is 22.2 Å². The first-order chi connectivity index (χ1) is 16.1. The van der Waals surface area contributed by atoms with Crippen LogP contribution in [0.25, 0.3) is 12.2 Å². The number of para-hydroxylation sites is 1. The lowest BCUT2D eigenvalue weighted by Crippen LogP contribution is -2.33. The lowest BCUT2D eigenvalue weighted by Gasteiger charge is -2.14. The summed E-state index contributed by atoms with van der Waals surface area (Å²) in [6, 6.07) is 13.3. The van der Waals surface area contributed by atoms with Gasteiger partial charge in [0.15, 0.2) is 0 Å². The molecular formula is C24H24FN5O2S. The number of thioether (sulfide) groups is 1. The minimum absolute atomic E-state index is 0.0948. The zero-order chi connectivity index (χ0) is 23.0. The number of hydrogen-bond acceptors (Lipinski definition) is 5. The smallest absolute Gasteiger partial charge is 0.253 e. The quantitative estimate of drug-likeness (QED) is 0.425. The first-order valence-electron chi connectivity index (χ1n) is 10.8. The van der Waals surface area contributed by atoms with Crippen molar-refractivity contribution in [3.05, 3.63) is 71.3 Å². The van der Waals surface area contributed by atoms with Gasteiger partial charge in [-0.3, -0.25) is 14.7 Å². The molecular weight excluding hydrogens is 441 g/mol. The summed E-state index contributed by atoms with van der Waals surface area (Å²) in [5.74, 6) is -0.0966. The number of rotatable bonds is 8. The predicted octanol–water partition coefficient (Wildman–Crippen LogP) is 4.52. The summed E-state index contributed by atoms with van der Waals surface area (Å²) in [5.41, 5.74) is 1.77. The molecule has 1 aliphatic carbocycles. The van der Waals surface area contributed by atoms with Crippen molar-refractivity contribution in [1.82, 2.24) is 20.5 Å². The van der Waals surface area contributed by atoms with Crippen LogP contribution in [0.4, 0.5) is 10.1 Å². The lowest BCUT2D eigenvalue weighted by molar-refractivity contribution is -0.113. The van der Waals surface area contributed by atoms with Crippen LogP contribution in [0, 0.1) is 5.82 Å². The highest BCUT2D eigenvalue weighted by Gasteiger charge is 2.20. The normalized spacial score (nSPS) is 14.0. The zero-order valence-corrected chi connectivity index (χ0v) is 18.7. The van der Waals surface area contributed by atoms with Crippen molar-refractivity contribution in [3.63, 3.8) is 0 Å². The van der Waals surface area contributed by atoms with E-state index in [1.54, 1.807) is 48.6 Å². The molecule has 0 aliphatic heterocycles. The third kappa shape index (κ3) is 6.52. The molecule has 3 aromatic rings. The topological polar surface area (TPSA) is 99.8 Å². The molecule has 4 rings (SSSR count). The molecule has 0 atom stereocenters. The average Bonchev–Trinajstić information content (AvgIpc) is 3.50. The van der Waals surface area contributed by atoms with Crippen molar-refractivity contribution in [2.45, 2.75) is 36.9 Å². The van der Waals surface area contributed by atoms with Gasteiger partial charge >= 0.3 is 0 Å². The predicted molar refractivity (Wildman–Crippen MR) is 127 cm³/mol. The fourth-order valence-electron chi connectivity index (χ4n) is 3.59. The molecule has 2 aromatic carbocycles. The number of nitrogens with zero attached hydrogens (tertiary/aromatic N) is 2. The SMILES string of the molecule is O=C(CSc1n[nH]c(/C=C/c2ccc(F)cc2)n1)Nc1ccccc1C(=O)NC1CCCC1. The van der Waals surface area contributed by atoms with Crippen LogP contribution in [0.2, 0.25) is 0 Å². The Hall–Kier alpha value is -3.46. The maximum absolute atomic E-state index is 13.0. The van der Waals surface area contributed by atoms with Gasteiger partial charge in [-0.15, -0.1) is 5.10 Å². The molecule has 0 unspecified atom stereocenters. The monoisotopic (exact) mass is 465 g/mol. The van der Waals surface area contributed by atoms with Gasteiger partial charge in [-0.25, -0.2) is 9.37 Å². The average molecular weight is 466 g/mol. The van der Waals surface area contributed by atoms with Crippen molar-refractivity contribution in [3.8, 4) is 0 Å². The Balaban J connectivity index is 1.30. The molecule has 0 bridgehead atoms. The van der Waals surface area contributed by atoms with E-state index in [-0.39, 0.29) is 29.4 Å². The van der Waals surface area contributed by atoms with Gasteiger partial charge in [-0.2, -0.15) is 0 Å². The molecule has 1 saturated carbocycles. The molecule has 1 aliphatic rings. The summed E-state index contributed by atoms with van der Waals surface area (Å²) in [4.78, 5) is 29.4. The Morgan fingerprint density at radius 2 is 1.85 bits per heavy atom. The molecule has 0 radical (unpaired) electrons. The highest BCUT2D eigenvalue weighted by molar-refractivity contribution is 7.99. The maximum Gasteiger partial charge on any atom is 0.253 e. The van der Waals surface area contributed by atoms with E-state index in [4.69, 9.17) is 0 Å². The molecule has 1 heterocycles.